The molecule has 1 aliphatic rings. The maximum atomic E-state index is 14.1. The normalized spacial score (nSPS) is 14.7. The van der Waals surface area contributed by atoms with Crippen LogP contribution in [0.25, 0.3) is 0 Å². The summed E-state index contributed by atoms with van der Waals surface area (Å²) < 4.78 is 29.1. The fourth-order valence-electron chi connectivity index (χ4n) is 5.13. The van der Waals surface area contributed by atoms with Gasteiger partial charge in [0.15, 0.2) is 0 Å². The van der Waals surface area contributed by atoms with Crippen LogP contribution in [0.3, 0.4) is 0 Å². The molecule has 3 aromatic carbocycles. The molecule has 218 valence electrons. The van der Waals surface area contributed by atoms with Gasteiger partial charge in [-0.25, -0.2) is 8.42 Å². The van der Waals surface area contributed by atoms with Gasteiger partial charge in [0.25, 0.3) is 10.0 Å². The van der Waals surface area contributed by atoms with Crippen molar-refractivity contribution >= 4 is 39.1 Å². The highest BCUT2D eigenvalue weighted by Crippen LogP contribution is 2.30. The van der Waals surface area contributed by atoms with Crippen LogP contribution in [0.4, 0.5) is 5.69 Å². The first kappa shape index (κ1) is 30.6. The van der Waals surface area contributed by atoms with Crippen LogP contribution in [0.1, 0.15) is 55.7 Å². The lowest BCUT2D eigenvalue weighted by Crippen LogP contribution is -2.53. The summed E-state index contributed by atoms with van der Waals surface area (Å²) in [5.74, 6) is -0.733. The third-order valence-corrected chi connectivity index (χ3v) is 9.65. The highest BCUT2D eigenvalue weighted by Gasteiger charge is 2.33. The number of nitrogens with zero attached hydrogens (tertiary/aromatic N) is 2. The SMILES string of the molecule is Cc1ccc(S(=O)(=O)N(CC(=O)N(Cc2ccccc2)[C@H](C)C(=O)NC2CCCCC2)c2cc(Cl)ccc2C)cc1. The van der Waals surface area contributed by atoms with Crippen molar-refractivity contribution < 1.29 is 18.0 Å². The second-order valence-electron chi connectivity index (χ2n) is 10.8. The van der Waals surface area contributed by atoms with Crippen LogP contribution in [0.15, 0.2) is 77.7 Å². The largest absolute Gasteiger partial charge is 0.352 e. The lowest BCUT2D eigenvalue weighted by molar-refractivity contribution is -0.139. The Morgan fingerprint density at radius 2 is 1.61 bits per heavy atom. The van der Waals surface area contributed by atoms with Gasteiger partial charge in [-0.3, -0.25) is 13.9 Å². The van der Waals surface area contributed by atoms with E-state index in [4.69, 9.17) is 11.6 Å². The summed E-state index contributed by atoms with van der Waals surface area (Å²) >= 11 is 6.30. The molecule has 41 heavy (non-hydrogen) atoms. The van der Waals surface area contributed by atoms with Crippen LogP contribution in [-0.2, 0) is 26.2 Å². The number of hydrogen-bond donors (Lipinski definition) is 1. The topological polar surface area (TPSA) is 86.8 Å². The Labute approximate surface area is 248 Å². The third-order valence-electron chi connectivity index (χ3n) is 7.64. The fourth-order valence-corrected chi connectivity index (χ4v) is 6.77. The van der Waals surface area contributed by atoms with Gasteiger partial charge in [0.1, 0.15) is 12.6 Å². The van der Waals surface area contributed by atoms with E-state index in [0.29, 0.717) is 16.3 Å². The van der Waals surface area contributed by atoms with Gasteiger partial charge < -0.3 is 10.2 Å². The number of anilines is 1. The summed E-state index contributed by atoms with van der Waals surface area (Å²) in [4.78, 5) is 29.0. The zero-order valence-electron chi connectivity index (χ0n) is 23.8. The minimum atomic E-state index is -4.15. The number of carbonyl (C=O) groups is 2. The Hall–Kier alpha value is -3.36. The predicted octanol–water partition coefficient (Wildman–Crippen LogP) is 6.02. The molecule has 7 nitrogen and oxygen atoms in total. The first-order valence-corrected chi connectivity index (χ1v) is 15.9. The zero-order valence-corrected chi connectivity index (χ0v) is 25.4. The van der Waals surface area contributed by atoms with E-state index in [1.54, 1.807) is 44.2 Å². The summed E-state index contributed by atoms with van der Waals surface area (Å²) in [5, 5.41) is 3.47. The van der Waals surface area contributed by atoms with Crippen molar-refractivity contribution in [2.45, 2.75) is 76.4 Å². The van der Waals surface area contributed by atoms with Crippen molar-refractivity contribution in [3.63, 3.8) is 0 Å². The number of hydrogen-bond acceptors (Lipinski definition) is 4. The molecule has 9 heteroatoms. The molecule has 0 bridgehead atoms. The lowest BCUT2D eigenvalue weighted by Gasteiger charge is -2.33. The van der Waals surface area contributed by atoms with E-state index >= 15 is 0 Å². The summed E-state index contributed by atoms with van der Waals surface area (Å²) in [6, 6.07) is 20.1. The molecule has 0 saturated heterocycles. The first-order valence-electron chi connectivity index (χ1n) is 14.1. The van der Waals surface area contributed by atoms with Gasteiger partial charge in [0.05, 0.1) is 10.6 Å². The average Bonchev–Trinajstić information content (AvgIpc) is 2.96. The molecular weight excluding hydrogens is 558 g/mol. The number of nitrogens with one attached hydrogen (secondary N) is 1. The second-order valence-corrected chi connectivity index (χ2v) is 13.1. The Kier molecular flexibility index (Phi) is 10.1. The predicted molar refractivity (Wildman–Crippen MR) is 163 cm³/mol. The minimum Gasteiger partial charge on any atom is -0.352 e. The highest BCUT2D eigenvalue weighted by atomic mass is 35.5. The van der Waals surface area contributed by atoms with Crippen LogP contribution < -0.4 is 9.62 Å². The molecule has 1 aliphatic carbocycles. The molecule has 1 fully saturated rings. The molecule has 0 unspecified atom stereocenters. The number of amides is 2. The minimum absolute atomic E-state index is 0.0629. The van der Waals surface area contributed by atoms with Crippen molar-refractivity contribution in [2.24, 2.45) is 0 Å². The molecule has 3 aromatic rings. The number of aryl methyl sites for hydroxylation is 2. The summed E-state index contributed by atoms with van der Waals surface area (Å²) in [5.41, 5.74) is 2.71. The molecule has 1 atom stereocenters. The Morgan fingerprint density at radius 1 is 0.951 bits per heavy atom. The van der Waals surface area contributed by atoms with Gasteiger partial charge in [-0.05, 0) is 69.0 Å². The third kappa shape index (κ3) is 7.68. The molecule has 2 amide bonds. The Morgan fingerprint density at radius 3 is 2.27 bits per heavy atom. The lowest BCUT2D eigenvalue weighted by atomic mass is 9.95. The van der Waals surface area contributed by atoms with E-state index in [1.165, 1.54) is 17.0 Å². The van der Waals surface area contributed by atoms with Crippen molar-refractivity contribution in [1.29, 1.82) is 0 Å². The van der Waals surface area contributed by atoms with E-state index in [-0.39, 0.29) is 23.4 Å². The number of rotatable bonds is 10. The number of halogens is 1. The Bertz CT molecular complexity index is 1460. The maximum absolute atomic E-state index is 14.1. The van der Waals surface area contributed by atoms with Crippen LogP contribution in [0.5, 0.6) is 0 Å². The maximum Gasteiger partial charge on any atom is 0.264 e. The van der Waals surface area contributed by atoms with Gasteiger partial charge in [0.2, 0.25) is 11.8 Å². The van der Waals surface area contributed by atoms with E-state index in [0.717, 1.165) is 47.5 Å². The standard InChI is InChI=1S/C32H38ClN3O4S/c1-23-14-18-29(19-15-23)41(39,40)36(30-20-27(33)17-16-24(30)2)22-31(37)35(21-26-10-6-4-7-11-26)25(3)32(38)34-28-12-8-5-9-13-28/h4,6-7,10-11,14-20,25,28H,5,8-9,12-13,21-22H2,1-3H3,(H,34,38)/t25-/m1/s1. The molecule has 1 N–H and O–H groups in total. The van der Waals surface area contributed by atoms with Crippen LogP contribution >= 0.6 is 11.6 Å². The van der Waals surface area contributed by atoms with E-state index < -0.39 is 28.5 Å². The molecule has 0 heterocycles. The number of sulfonamides is 1. The molecule has 0 spiro atoms. The van der Waals surface area contributed by atoms with E-state index in [9.17, 15) is 18.0 Å². The van der Waals surface area contributed by atoms with Gasteiger partial charge in [-0.2, -0.15) is 0 Å². The van der Waals surface area contributed by atoms with Gasteiger partial charge in [0, 0.05) is 17.6 Å². The molecule has 0 aliphatic heterocycles. The van der Waals surface area contributed by atoms with Crippen LogP contribution in [0.2, 0.25) is 5.02 Å². The van der Waals surface area contributed by atoms with E-state index in [2.05, 4.69) is 5.32 Å². The summed E-state index contributed by atoms with van der Waals surface area (Å²) in [7, 11) is -4.15. The average molecular weight is 596 g/mol. The van der Waals surface area contributed by atoms with Gasteiger partial charge in [-0.1, -0.05) is 85.0 Å². The van der Waals surface area contributed by atoms with Crippen molar-refractivity contribution in [1.82, 2.24) is 10.2 Å². The zero-order chi connectivity index (χ0) is 29.6. The van der Waals surface area contributed by atoms with E-state index in [1.807, 2.05) is 37.3 Å². The molecule has 4 rings (SSSR count). The molecule has 0 radical (unpaired) electrons. The first-order chi connectivity index (χ1) is 19.6. The second kappa shape index (κ2) is 13.5. The van der Waals surface area contributed by atoms with Crippen molar-refractivity contribution in [3.05, 3.63) is 94.5 Å². The van der Waals surface area contributed by atoms with Crippen LogP contribution in [0, 0.1) is 13.8 Å². The molecular formula is C32H38ClN3O4S. The van der Waals surface area contributed by atoms with Crippen molar-refractivity contribution in [2.75, 3.05) is 10.8 Å². The smallest absolute Gasteiger partial charge is 0.264 e. The van der Waals surface area contributed by atoms with Crippen LogP contribution in [-0.4, -0.2) is 43.8 Å². The number of benzene rings is 3. The van der Waals surface area contributed by atoms with Crippen molar-refractivity contribution in [3.8, 4) is 0 Å². The molecule has 0 aromatic heterocycles. The highest BCUT2D eigenvalue weighted by molar-refractivity contribution is 7.92. The molecule has 1 saturated carbocycles. The summed E-state index contributed by atoms with van der Waals surface area (Å²) in [6.45, 7) is 5.01. The quantitative estimate of drug-likeness (QED) is 0.311. The summed E-state index contributed by atoms with van der Waals surface area (Å²) in [6.07, 6.45) is 5.13. The monoisotopic (exact) mass is 595 g/mol. The number of carbonyl (C=O) groups excluding carboxylic acids is 2. The van der Waals surface area contributed by atoms with Gasteiger partial charge in [-0.15, -0.1) is 0 Å². The Balaban J connectivity index is 1.69. The van der Waals surface area contributed by atoms with Gasteiger partial charge >= 0.3 is 0 Å². The fraction of sp³-hybridized carbons (Fsp3) is 0.375.